The second-order valence-electron chi connectivity index (χ2n) is 18.5. The molecule has 0 fully saturated rings. The molecule has 0 saturated carbocycles. The van der Waals surface area contributed by atoms with E-state index in [0.29, 0.717) is 5.56 Å². The van der Waals surface area contributed by atoms with Crippen LogP contribution < -0.4 is 65.1 Å². The van der Waals surface area contributed by atoms with Crippen LogP contribution in [0.15, 0.2) is 24.3 Å². The van der Waals surface area contributed by atoms with Crippen LogP contribution in [0.5, 0.6) is 5.75 Å². The highest BCUT2D eigenvalue weighted by Gasteiger charge is 2.37. The number of benzene rings is 1. The van der Waals surface area contributed by atoms with Crippen LogP contribution in [0.4, 0.5) is 0 Å². The maximum absolute atomic E-state index is 14.2. The molecule has 0 spiro atoms. The Morgan fingerprint density at radius 1 is 0.493 bits per heavy atom. The number of nitrogens with two attached hydrogens (primary N) is 3. The number of primary amides is 2. The lowest BCUT2D eigenvalue weighted by Crippen LogP contribution is -2.62. The third-order valence-electron chi connectivity index (χ3n) is 11.9. The largest absolute Gasteiger partial charge is 0.508 e. The van der Waals surface area contributed by atoms with Gasteiger partial charge in [-0.05, 0) is 55.7 Å². The molecule has 0 saturated heterocycles. The molecule has 11 amide bonds. The number of rotatable bonds is 33. The number of carbonyl (C=O) groups excluding carboxylic acids is 11. The number of hydrogen-bond donors (Lipinski definition) is 15. The van der Waals surface area contributed by atoms with Crippen molar-refractivity contribution in [2.75, 3.05) is 6.54 Å². The van der Waals surface area contributed by atoms with Gasteiger partial charge in [0.1, 0.15) is 60.6 Å². The minimum Gasteiger partial charge on any atom is -0.508 e. The van der Waals surface area contributed by atoms with Crippen molar-refractivity contribution < 1.29 is 77.6 Å². The molecule has 1 aromatic rings. The number of phenolic OH excluding ortho intramolecular Hbond substituents is 1. The van der Waals surface area contributed by atoms with Gasteiger partial charge in [0.05, 0.1) is 18.9 Å². The van der Waals surface area contributed by atoms with Crippen LogP contribution in [-0.4, -0.2) is 153 Å². The van der Waals surface area contributed by atoms with Crippen molar-refractivity contribution >= 4 is 76.9 Å². The summed E-state index contributed by atoms with van der Waals surface area (Å²) in [6.07, 6.45) is -2.20. The van der Waals surface area contributed by atoms with Crippen LogP contribution in [0.1, 0.15) is 99.5 Å². The van der Waals surface area contributed by atoms with E-state index in [1.54, 1.807) is 41.5 Å². The quantitative estimate of drug-likeness (QED) is 0.0317. The Balaban J connectivity index is 3.42. The maximum Gasteiger partial charge on any atom is 0.322 e. The van der Waals surface area contributed by atoms with E-state index in [1.807, 2.05) is 5.32 Å². The molecule has 418 valence electrons. The summed E-state index contributed by atoms with van der Waals surface area (Å²) in [5.74, 6) is -15.4. The van der Waals surface area contributed by atoms with Gasteiger partial charge in [-0.2, -0.15) is 0 Å². The average Bonchev–Trinajstić information content (AvgIpc) is 3.33. The molecule has 11 atom stereocenters. The van der Waals surface area contributed by atoms with Crippen molar-refractivity contribution in [1.29, 1.82) is 0 Å². The number of nitrogens with one attached hydrogen (secondary N) is 9. The lowest BCUT2D eigenvalue weighted by molar-refractivity contribution is -0.142. The molecule has 18 N–H and O–H groups in total. The SMILES string of the molecule is CC[C@H](C)[C@H](NC(=O)[C@H](C)NC(=O)[C@H](C)NC(=O)[C@H](CCC(N)=O)NC(=O)[C@@H](N)C(C)C)C(=O)N[C@@H](CC(=O)O)C(=O)N[C@@H](Cc1ccc(O)cc1)C(=O)N[C@H](C(=O)N[C@@H](CC(N)=O)C(=O)NCC(=O)O)[C@@H](C)CC. The molecule has 28 heteroatoms. The fourth-order valence-electron chi connectivity index (χ4n) is 6.80. The van der Waals surface area contributed by atoms with Gasteiger partial charge in [-0.1, -0.05) is 66.5 Å². The van der Waals surface area contributed by atoms with E-state index in [2.05, 4.69) is 42.5 Å². The van der Waals surface area contributed by atoms with Crippen LogP contribution in [-0.2, 0) is 68.7 Å². The second-order valence-corrected chi connectivity index (χ2v) is 18.5. The van der Waals surface area contributed by atoms with Gasteiger partial charge in [0.15, 0.2) is 0 Å². The summed E-state index contributed by atoms with van der Waals surface area (Å²) in [7, 11) is 0. The van der Waals surface area contributed by atoms with Gasteiger partial charge >= 0.3 is 11.9 Å². The summed E-state index contributed by atoms with van der Waals surface area (Å²) in [4.78, 5) is 168. The number of aromatic hydroxyl groups is 1. The van der Waals surface area contributed by atoms with E-state index >= 15 is 0 Å². The molecule has 1 rings (SSSR count). The van der Waals surface area contributed by atoms with E-state index in [-0.39, 0.29) is 43.8 Å². The molecule has 0 unspecified atom stereocenters. The Kier molecular flexibility index (Phi) is 27.5. The Morgan fingerprint density at radius 2 is 0.920 bits per heavy atom. The van der Waals surface area contributed by atoms with Crippen LogP contribution in [0, 0.1) is 17.8 Å². The number of carboxylic acid groups (broad SMARTS) is 2. The summed E-state index contributed by atoms with van der Waals surface area (Å²) in [6, 6.07) is -7.84. The summed E-state index contributed by atoms with van der Waals surface area (Å²) in [6.45, 7) is 11.4. The third kappa shape index (κ3) is 23.2. The zero-order valence-corrected chi connectivity index (χ0v) is 43.3. The number of carbonyl (C=O) groups is 13. The number of aliphatic carboxylic acids is 2. The first-order valence-electron chi connectivity index (χ1n) is 24.2. The van der Waals surface area contributed by atoms with Gasteiger partial charge < -0.3 is 80.4 Å². The Morgan fingerprint density at radius 3 is 1.37 bits per heavy atom. The maximum atomic E-state index is 14.2. The average molecular weight is 1060 g/mol. The first-order chi connectivity index (χ1) is 34.9. The molecule has 28 nitrogen and oxygen atoms in total. The minimum absolute atomic E-state index is 0.156. The predicted molar refractivity (Wildman–Crippen MR) is 265 cm³/mol. The molecule has 75 heavy (non-hydrogen) atoms. The molecule has 0 aliphatic heterocycles. The van der Waals surface area contributed by atoms with E-state index < -0.39 is 163 Å². The monoisotopic (exact) mass is 1060 g/mol. The van der Waals surface area contributed by atoms with E-state index in [0.717, 1.165) is 0 Å². The highest BCUT2D eigenvalue weighted by molar-refractivity contribution is 5.99. The number of amides is 11. The van der Waals surface area contributed by atoms with Crippen molar-refractivity contribution in [2.45, 2.75) is 155 Å². The van der Waals surface area contributed by atoms with Crippen molar-refractivity contribution in [3.8, 4) is 5.75 Å². The van der Waals surface area contributed by atoms with E-state index in [9.17, 15) is 72.5 Å². The van der Waals surface area contributed by atoms with E-state index in [4.69, 9.17) is 22.3 Å². The van der Waals surface area contributed by atoms with Crippen molar-refractivity contribution in [2.24, 2.45) is 35.0 Å². The zero-order chi connectivity index (χ0) is 57.4. The van der Waals surface area contributed by atoms with E-state index in [1.165, 1.54) is 38.1 Å². The normalized spacial score (nSPS) is 15.4. The smallest absolute Gasteiger partial charge is 0.322 e. The molecule has 0 aromatic heterocycles. The van der Waals surface area contributed by atoms with Gasteiger partial charge in [0.25, 0.3) is 0 Å². The molecular formula is C47H74N12O16. The number of carboxylic acids is 2. The van der Waals surface area contributed by atoms with Gasteiger partial charge in [-0.15, -0.1) is 0 Å². The topological polar surface area (TPSA) is 469 Å². The summed E-state index contributed by atoms with van der Waals surface area (Å²) >= 11 is 0. The fourth-order valence-corrected chi connectivity index (χ4v) is 6.80. The van der Waals surface area contributed by atoms with Crippen LogP contribution in [0.25, 0.3) is 0 Å². The Hall–Kier alpha value is -7.91. The summed E-state index contributed by atoms with van der Waals surface area (Å²) in [5.41, 5.74) is 16.7. The Bertz CT molecular complexity index is 2230. The molecule has 0 bridgehead atoms. The van der Waals surface area contributed by atoms with Crippen LogP contribution in [0.2, 0.25) is 0 Å². The number of phenols is 1. The highest BCUT2D eigenvalue weighted by atomic mass is 16.4. The second kappa shape index (κ2) is 31.6. The molecule has 0 heterocycles. The highest BCUT2D eigenvalue weighted by Crippen LogP contribution is 2.15. The van der Waals surface area contributed by atoms with Crippen molar-refractivity contribution in [1.82, 2.24) is 47.9 Å². The molecule has 1 aromatic carbocycles. The third-order valence-corrected chi connectivity index (χ3v) is 11.9. The molecular weight excluding hydrogens is 989 g/mol. The lowest BCUT2D eigenvalue weighted by atomic mass is 9.96. The standard InChI is InChI=1S/C47H74N12O16/c1-9-22(5)37(58-40(68)25(8)52-39(67)24(7)53-42(70)28(15-16-32(48)61)54-45(73)36(50)21(3)4)46(74)57-31(19-34(63)64)43(71)55-29(17-26-11-13-27(60)14-12-26)44(72)59-38(23(6)10-2)47(75)56-30(18-33(49)62)41(69)51-20-35(65)66/h11-14,21-25,28-31,36-38,60H,9-10,15-20,50H2,1-8H3,(H2,48,61)(H2,49,62)(H,51,69)(H,52,67)(H,53,70)(H,54,73)(H,55,71)(H,56,75)(H,57,74)(H,58,68)(H,59,72)(H,63,64)(H,65,66)/t22-,23-,24-,25-,28-,29-,30-,31-,36-,37-,38-/m0/s1. The summed E-state index contributed by atoms with van der Waals surface area (Å²) < 4.78 is 0. The minimum atomic E-state index is -1.92. The summed E-state index contributed by atoms with van der Waals surface area (Å²) in [5, 5.41) is 50.0. The number of hydrogen-bond acceptors (Lipinski definition) is 15. The van der Waals surface area contributed by atoms with Crippen LogP contribution >= 0.6 is 0 Å². The van der Waals surface area contributed by atoms with Crippen LogP contribution in [0.3, 0.4) is 0 Å². The Labute approximate surface area is 433 Å². The zero-order valence-electron chi connectivity index (χ0n) is 43.3. The van der Waals surface area contributed by atoms with Crippen molar-refractivity contribution in [3.63, 3.8) is 0 Å². The predicted octanol–water partition coefficient (Wildman–Crippen LogP) is -4.26. The van der Waals surface area contributed by atoms with Gasteiger partial charge in [0.2, 0.25) is 65.0 Å². The van der Waals surface area contributed by atoms with Gasteiger partial charge in [-0.25, -0.2) is 0 Å². The first-order valence-corrected chi connectivity index (χ1v) is 24.2. The van der Waals surface area contributed by atoms with Crippen molar-refractivity contribution in [3.05, 3.63) is 29.8 Å². The van der Waals surface area contributed by atoms with Gasteiger partial charge in [-0.3, -0.25) is 62.3 Å². The fraction of sp³-hybridized carbons (Fsp3) is 0.596. The first kappa shape index (κ1) is 65.1. The molecule has 0 aliphatic rings. The lowest BCUT2D eigenvalue weighted by Gasteiger charge is -2.29. The van der Waals surface area contributed by atoms with Gasteiger partial charge in [0, 0.05) is 12.8 Å². The molecule has 0 aliphatic carbocycles. The molecule has 0 radical (unpaired) electrons.